The number of methoxy groups -OCH3 is 1. The molecule has 124 valence electrons. The molecule has 0 saturated carbocycles. The molecule has 0 radical (unpaired) electrons. The quantitative estimate of drug-likeness (QED) is 0.851. The highest BCUT2D eigenvalue weighted by molar-refractivity contribution is 5.93. The van der Waals surface area contributed by atoms with Gasteiger partial charge in [0.15, 0.2) is 0 Å². The third-order valence-corrected chi connectivity index (χ3v) is 3.66. The number of morpholine rings is 1. The third kappa shape index (κ3) is 4.28. The van der Waals surface area contributed by atoms with Crippen molar-refractivity contribution < 1.29 is 14.3 Å². The van der Waals surface area contributed by atoms with Gasteiger partial charge < -0.3 is 14.8 Å². The van der Waals surface area contributed by atoms with E-state index in [1.807, 2.05) is 27.7 Å². The molecule has 0 unspecified atom stereocenters. The van der Waals surface area contributed by atoms with Crippen molar-refractivity contribution in [1.29, 1.82) is 0 Å². The fraction of sp³-hybridized carbons (Fsp3) is 0.733. The van der Waals surface area contributed by atoms with Crippen molar-refractivity contribution in [3.8, 4) is 0 Å². The second-order valence-electron chi connectivity index (χ2n) is 6.48. The summed E-state index contributed by atoms with van der Waals surface area (Å²) in [6.45, 7) is 10.1. The first kappa shape index (κ1) is 16.9. The molecule has 1 fully saturated rings. The maximum absolute atomic E-state index is 12.3. The normalized spacial score (nSPS) is 21.8. The van der Waals surface area contributed by atoms with Crippen LogP contribution < -0.4 is 5.32 Å². The molecule has 0 bridgehead atoms. The van der Waals surface area contributed by atoms with Crippen LogP contribution in [0.1, 0.15) is 25.2 Å². The van der Waals surface area contributed by atoms with Crippen LogP contribution >= 0.6 is 0 Å². The lowest BCUT2D eigenvalue weighted by atomic mass is 10.1. The number of carbonyl (C=O) groups excluding carboxylic acids is 1. The standard InChI is InChI=1S/C15H26N4O3/c1-10-14(11(2)18-17-10)16-13(20)7-19-6-12(8-21-5)22-15(3,4)9-19/h12H,6-9H2,1-5H3,(H,16,20)(H,17,18)/t12-/m1/s1. The van der Waals surface area contributed by atoms with E-state index in [0.717, 1.165) is 17.1 Å². The lowest BCUT2D eigenvalue weighted by molar-refractivity contribution is -0.154. The van der Waals surface area contributed by atoms with Gasteiger partial charge in [0.2, 0.25) is 5.91 Å². The zero-order valence-electron chi connectivity index (χ0n) is 14.0. The number of nitrogens with zero attached hydrogens (tertiary/aromatic N) is 2. The van der Waals surface area contributed by atoms with Crippen LogP contribution in [0.15, 0.2) is 0 Å². The van der Waals surface area contributed by atoms with Gasteiger partial charge in [-0.2, -0.15) is 5.10 Å². The molecule has 2 heterocycles. The molecule has 1 aliphatic heterocycles. The average Bonchev–Trinajstić information content (AvgIpc) is 2.69. The van der Waals surface area contributed by atoms with Crippen LogP contribution in [-0.4, -0.2) is 66.1 Å². The molecule has 2 N–H and O–H groups in total. The van der Waals surface area contributed by atoms with Gasteiger partial charge in [0.05, 0.1) is 41.9 Å². The fourth-order valence-corrected chi connectivity index (χ4v) is 2.93. The van der Waals surface area contributed by atoms with Crippen LogP contribution in [0, 0.1) is 13.8 Å². The van der Waals surface area contributed by atoms with E-state index in [1.165, 1.54) is 0 Å². The SMILES string of the molecule is COC[C@H]1CN(CC(=O)Nc2c(C)n[nH]c2C)CC(C)(C)O1. The van der Waals surface area contributed by atoms with Crippen LogP contribution in [0.3, 0.4) is 0 Å². The second-order valence-corrected chi connectivity index (χ2v) is 6.48. The van der Waals surface area contributed by atoms with E-state index in [2.05, 4.69) is 20.4 Å². The molecular formula is C15H26N4O3. The highest BCUT2D eigenvalue weighted by Crippen LogP contribution is 2.21. The number of ether oxygens (including phenoxy) is 2. The lowest BCUT2D eigenvalue weighted by Gasteiger charge is -2.42. The number of hydrogen-bond donors (Lipinski definition) is 2. The van der Waals surface area contributed by atoms with Gasteiger partial charge in [-0.1, -0.05) is 0 Å². The zero-order chi connectivity index (χ0) is 16.3. The van der Waals surface area contributed by atoms with Gasteiger partial charge in [0, 0.05) is 20.2 Å². The van der Waals surface area contributed by atoms with E-state index in [-0.39, 0.29) is 17.6 Å². The molecule has 22 heavy (non-hydrogen) atoms. The smallest absolute Gasteiger partial charge is 0.238 e. The number of amides is 1. The maximum atomic E-state index is 12.3. The Balaban J connectivity index is 1.95. The number of rotatable bonds is 5. The van der Waals surface area contributed by atoms with Gasteiger partial charge in [0.1, 0.15) is 0 Å². The summed E-state index contributed by atoms with van der Waals surface area (Å²) in [5, 5.41) is 9.89. The average molecular weight is 310 g/mol. The molecule has 0 aromatic carbocycles. The lowest BCUT2D eigenvalue weighted by Crippen LogP contribution is -2.55. The molecule has 0 spiro atoms. The van der Waals surface area contributed by atoms with E-state index < -0.39 is 0 Å². The predicted octanol–water partition coefficient (Wildman–Crippen LogP) is 1.09. The largest absolute Gasteiger partial charge is 0.382 e. The number of hydrogen-bond acceptors (Lipinski definition) is 5. The monoisotopic (exact) mass is 310 g/mol. The van der Waals surface area contributed by atoms with Crippen molar-refractivity contribution in [3.63, 3.8) is 0 Å². The summed E-state index contributed by atoms with van der Waals surface area (Å²) in [5.41, 5.74) is 2.14. The highest BCUT2D eigenvalue weighted by atomic mass is 16.5. The van der Waals surface area contributed by atoms with Gasteiger partial charge in [-0.25, -0.2) is 0 Å². The minimum atomic E-state index is -0.288. The predicted molar refractivity (Wildman–Crippen MR) is 84.0 cm³/mol. The Labute approximate surface area is 131 Å². The first-order valence-corrected chi connectivity index (χ1v) is 7.51. The van der Waals surface area contributed by atoms with E-state index in [1.54, 1.807) is 7.11 Å². The molecule has 1 atom stereocenters. The molecule has 7 heteroatoms. The number of aromatic nitrogens is 2. The summed E-state index contributed by atoms with van der Waals surface area (Å²) in [7, 11) is 1.66. The topological polar surface area (TPSA) is 79.5 Å². The molecule has 1 aromatic heterocycles. The molecule has 1 saturated heterocycles. The van der Waals surface area contributed by atoms with Gasteiger partial charge >= 0.3 is 0 Å². The van der Waals surface area contributed by atoms with Crippen molar-refractivity contribution >= 4 is 11.6 Å². The minimum Gasteiger partial charge on any atom is -0.382 e. The Morgan fingerprint density at radius 1 is 1.55 bits per heavy atom. The Morgan fingerprint density at radius 2 is 2.27 bits per heavy atom. The summed E-state index contributed by atoms with van der Waals surface area (Å²) in [6, 6.07) is 0. The summed E-state index contributed by atoms with van der Waals surface area (Å²) < 4.78 is 11.1. The Bertz CT molecular complexity index is 507. The van der Waals surface area contributed by atoms with Gasteiger partial charge in [-0.05, 0) is 27.7 Å². The van der Waals surface area contributed by atoms with E-state index >= 15 is 0 Å². The maximum Gasteiger partial charge on any atom is 0.238 e. The van der Waals surface area contributed by atoms with Crippen LogP contribution in [0.25, 0.3) is 0 Å². The summed E-state index contributed by atoms with van der Waals surface area (Å²) in [5.74, 6) is -0.0403. The van der Waals surface area contributed by atoms with Gasteiger partial charge in [-0.15, -0.1) is 0 Å². The van der Waals surface area contributed by atoms with Crippen molar-refractivity contribution in [2.24, 2.45) is 0 Å². The Kier molecular flexibility index (Phi) is 5.20. The molecular weight excluding hydrogens is 284 g/mol. The second kappa shape index (κ2) is 6.76. The molecule has 2 rings (SSSR count). The zero-order valence-corrected chi connectivity index (χ0v) is 14.0. The minimum absolute atomic E-state index is 0.0149. The van der Waals surface area contributed by atoms with Gasteiger partial charge in [-0.3, -0.25) is 14.8 Å². The van der Waals surface area contributed by atoms with Crippen LogP contribution in [-0.2, 0) is 14.3 Å². The van der Waals surface area contributed by atoms with Crippen LogP contribution in [0.2, 0.25) is 0 Å². The highest BCUT2D eigenvalue weighted by Gasteiger charge is 2.34. The van der Waals surface area contributed by atoms with E-state index in [4.69, 9.17) is 9.47 Å². The number of anilines is 1. The van der Waals surface area contributed by atoms with Crippen molar-refractivity contribution in [2.75, 3.05) is 38.7 Å². The van der Waals surface area contributed by atoms with Crippen molar-refractivity contribution in [2.45, 2.75) is 39.4 Å². The Hall–Kier alpha value is -1.44. The molecule has 1 aromatic rings. The first-order valence-electron chi connectivity index (χ1n) is 7.51. The van der Waals surface area contributed by atoms with Gasteiger partial charge in [0.25, 0.3) is 0 Å². The number of aryl methyl sites for hydroxylation is 2. The van der Waals surface area contributed by atoms with E-state index in [0.29, 0.717) is 26.2 Å². The summed E-state index contributed by atoms with van der Waals surface area (Å²) in [6.07, 6.45) is -0.0149. The van der Waals surface area contributed by atoms with Crippen molar-refractivity contribution in [3.05, 3.63) is 11.4 Å². The molecule has 1 aliphatic rings. The number of H-pyrrole nitrogens is 1. The molecule has 7 nitrogen and oxygen atoms in total. The summed E-state index contributed by atoms with van der Waals surface area (Å²) in [4.78, 5) is 14.4. The van der Waals surface area contributed by atoms with Crippen LogP contribution in [0.5, 0.6) is 0 Å². The summed E-state index contributed by atoms with van der Waals surface area (Å²) >= 11 is 0. The first-order chi connectivity index (χ1) is 10.3. The van der Waals surface area contributed by atoms with E-state index in [9.17, 15) is 4.79 Å². The molecule has 0 aliphatic carbocycles. The number of carbonyl (C=O) groups is 1. The fourth-order valence-electron chi connectivity index (χ4n) is 2.93. The molecule has 1 amide bonds. The third-order valence-electron chi connectivity index (χ3n) is 3.66. The number of aromatic amines is 1. The number of nitrogens with one attached hydrogen (secondary N) is 2. The van der Waals surface area contributed by atoms with Crippen LogP contribution in [0.4, 0.5) is 5.69 Å². The Morgan fingerprint density at radius 3 is 2.86 bits per heavy atom. The van der Waals surface area contributed by atoms with Crippen molar-refractivity contribution in [1.82, 2.24) is 15.1 Å².